The molecule has 0 spiro atoms. The summed E-state index contributed by atoms with van der Waals surface area (Å²) in [6.45, 7) is 4.03. The van der Waals surface area contributed by atoms with Crippen LogP contribution in [-0.4, -0.2) is 29.2 Å². The van der Waals surface area contributed by atoms with E-state index in [0.717, 1.165) is 26.5 Å². The zero-order valence-corrected chi connectivity index (χ0v) is 20.3. The summed E-state index contributed by atoms with van der Waals surface area (Å²) in [4.78, 5) is 26.6. The van der Waals surface area contributed by atoms with Gasteiger partial charge in [0.15, 0.2) is 11.5 Å². The number of carbonyl (C=O) groups excluding carboxylic acids is 2. The summed E-state index contributed by atoms with van der Waals surface area (Å²) in [5.41, 5.74) is 2.08. The molecule has 1 atom stereocenters. The van der Waals surface area contributed by atoms with Crippen molar-refractivity contribution in [1.29, 1.82) is 5.26 Å². The Morgan fingerprint density at radius 3 is 2.71 bits per heavy atom. The highest BCUT2D eigenvalue weighted by molar-refractivity contribution is 14.1. The maximum atomic E-state index is 12.7. The zero-order valence-electron chi connectivity index (χ0n) is 17.3. The van der Waals surface area contributed by atoms with Crippen molar-refractivity contribution in [3.63, 3.8) is 0 Å². The first kappa shape index (κ1) is 23.2. The number of amides is 2. The summed E-state index contributed by atoms with van der Waals surface area (Å²) in [5, 5.41) is 9.01. The minimum atomic E-state index is -0.272. The van der Waals surface area contributed by atoms with E-state index in [4.69, 9.17) is 9.47 Å². The summed E-state index contributed by atoms with van der Waals surface area (Å²) in [6, 6.07) is 12.9. The lowest BCUT2D eigenvalue weighted by molar-refractivity contribution is -0.124. The highest BCUT2D eigenvalue weighted by atomic mass is 127. The molecular weight excluding hydrogens is 527 g/mol. The molecule has 0 saturated carbocycles. The molecule has 1 aliphatic rings. The van der Waals surface area contributed by atoms with Gasteiger partial charge in [0.2, 0.25) is 0 Å². The maximum absolute atomic E-state index is 12.7. The molecule has 0 bridgehead atoms. The molecule has 6 nitrogen and oxygen atoms in total. The van der Waals surface area contributed by atoms with Crippen LogP contribution in [-0.2, 0) is 11.4 Å². The van der Waals surface area contributed by atoms with E-state index in [1.54, 1.807) is 25.3 Å². The molecular formula is C23H21IN2O4S. The number of nitrogens with zero attached hydrogens (tertiary/aromatic N) is 2. The third-order valence-corrected chi connectivity index (χ3v) is 6.60. The second kappa shape index (κ2) is 10.2. The van der Waals surface area contributed by atoms with Gasteiger partial charge in [-0.25, -0.2) is 0 Å². The molecule has 0 unspecified atom stereocenters. The van der Waals surface area contributed by atoms with Crippen LogP contribution in [0.25, 0.3) is 6.08 Å². The van der Waals surface area contributed by atoms with Crippen LogP contribution >= 0.6 is 34.4 Å². The Hall–Kier alpha value is -2.51. The van der Waals surface area contributed by atoms with E-state index < -0.39 is 0 Å². The number of benzene rings is 2. The molecule has 1 heterocycles. The third-order valence-electron chi connectivity index (χ3n) is 4.91. The van der Waals surface area contributed by atoms with Gasteiger partial charge in [0, 0.05) is 11.6 Å². The second-order valence-electron chi connectivity index (χ2n) is 6.90. The van der Waals surface area contributed by atoms with Crippen molar-refractivity contribution in [2.75, 3.05) is 7.11 Å². The molecule has 0 N–H and O–H groups in total. The number of halogens is 1. The molecule has 3 rings (SSSR count). The summed E-state index contributed by atoms with van der Waals surface area (Å²) >= 11 is 3.09. The number of hydrogen-bond donors (Lipinski definition) is 0. The highest BCUT2D eigenvalue weighted by Gasteiger charge is 2.37. The van der Waals surface area contributed by atoms with Crippen LogP contribution < -0.4 is 9.47 Å². The average Bonchev–Trinajstić information content (AvgIpc) is 3.04. The van der Waals surface area contributed by atoms with E-state index >= 15 is 0 Å². The largest absolute Gasteiger partial charge is 0.493 e. The van der Waals surface area contributed by atoms with E-state index in [0.29, 0.717) is 28.4 Å². The fraction of sp³-hybridized carbons (Fsp3) is 0.261. The van der Waals surface area contributed by atoms with E-state index in [1.807, 2.05) is 38.1 Å². The molecule has 2 aromatic rings. The van der Waals surface area contributed by atoms with Crippen molar-refractivity contribution in [3.8, 4) is 17.6 Å². The van der Waals surface area contributed by atoms with Gasteiger partial charge in [0.1, 0.15) is 6.61 Å². The van der Waals surface area contributed by atoms with Crippen molar-refractivity contribution in [2.24, 2.45) is 0 Å². The number of methoxy groups -OCH3 is 1. The predicted octanol–water partition coefficient (Wildman–Crippen LogP) is 5.59. The smallest absolute Gasteiger partial charge is 0.293 e. The van der Waals surface area contributed by atoms with E-state index in [1.165, 1.54) is 4.90 Å². The summed E-state index contributed by atoms with van der Waals surface area (Å²) < 4.78 is 12.3. The Labute approximate surface area is 199 Å². The molecule has 1 aliphatic heterocycles. The highest BCUT2D eigenvalue weighted by Crippen LogP contribution is 2.38. The molecule has 160 valence electrons. The molecule has 2 amide bonds. The number of nitriles is 1. The molecule has 1 saturated heterocycles. The van der Waals surface area contributed by atoms with Crippen LogP contribution in [0.1, 0.15) is 37.0 Å². The van der Waals surface area contributed by atoms with Crippen molar-refractivity contribution >= 4 is 51.6 Å². The summed E-state index contributed by atoms with van der Waals surface area (Å²) in [6.07, 6.45) is 2.41. The maximum Gasteiger partial charge on any atom is 0.293 e. The molecule has 0 radical (unpaired) electrons. The number of rotatable bonds is 7. The Morgan fingerprint density at radius 2 is 2.03 bits per heavy atom. The minimum Gasteiger partial charge on any atom is -0.493 e. The van der Waals surface area contributed by atoms with Crippen molar-refractivity contribution < 1.29 is 19.1 Å². The molecule has 31 heavy (non-hydrogen) atoms. The lowest BCUT2D eigenvalue weighted by Crippen LogP contribution is -2.36. The lowest BCUT2D eigenvalue weighted by Gasteiger charge is -2.19. The molecule has 2 aromatic carbocycles. The molecule has 0 aliphatic carbocycles. The van der Waals surface area contributed by atoms with Crippen LogP contribution in [0.3, 0.4) is 0 Å². The van der Waals surface area contributed by atoms with Crippen LogP contribution in [0, 0.1) is 14.9 Å². The Balaban J connectivity index is 1.86. The number of thioether (sulfide) groups is 1. The monoisotopic (exact) mass is 548 g/mol. The lowest BCUT2D eigenvalue weighted by atomic mass is 10.1. The van der Waals surface area contributed by atoms with Gasteiger partial charge in [-0.3, -0.25) is 14.5 Å². The Bertz CT molecular complexity index is 1090. The number of imide groups is 1. The van der Waals surface area contributed by atoms with Crippen LogP contribution in [0.2, 0.25) is 0 Å². The van der Waals surface area contributed by atoms with Gasteiger partial charge in [0.25, 0.3) is 11.1 Å². The van der Waals surface area contributed by atoms with Gasteiger partial charge in [-0.1, -0.05) is 25.1 Å². The Kier molecular flexibility index (Phi) is 7.62. The first-order chi connectivity index (χ1) is 14.9. The van der Waals surface area contributed by atoms with Crippen LogP contribution in [0.4, 0.5) is 4.79 Å². The van der Waals surface area contributed by atoms with Gasteiger partial charge in [0.05, 0.1) is 27.2 Å². The Morgan fingerprint density at radius 1 is 1.29 bits per heavy atom. The average molecular weight is 548 g/mol. The van der Waals surface area contributed by atoms with Gasteiger partial charge < -0.3 is 9.47 Å². The SMILES string of the molecule is CC[C@H](C)N1C(=O)S/C(=C/c2cc(I)c(OCc3ccccc3C#N)c(OC)c2)C1=O. The first-order valence-electron chi connectivity index (χ1n) is 9.65. The molecule has 8 heteroatoms. The molecule has 1 fully saturated rings. The van der Waals surface area contributed by atoms with Gasteiger partial charge in [-0.2, -0.15) is 5.26 Å². The first-order valence-corrected chi connectivity index (χ1v) is 11.5. The van der Waals surface area contributed by atoms with E-state index in [9.17, 15) is 14.9 Å². The number of ether oxygens (including phenoxy) is 2. The van der Waals surface area contributed by atoms with Crippen molar-refractivity contribution in [2.45, 2.75) is 32.9 Å². The normalized spacial score (nSPS) is 15.8. The predicted molar refractivity (Wildman–Crippen MR) is 129 cm³/mol. The van der Waals surface area contributed by atoms with Crippen molar-refractivity contribution in [3.05, 3.63) is 61.6 Å². The second-order valence-corrected chi connectivity index (χ2v) is 9.06. The quantitative estimate of drug-likeness (QED) is 0.332. The third kappa shape index (κ3) is 5.05. The van der Waals surface area contributed by atoms with Crippen LogP contribution in [0.15, 0.2) is 41.3 Å². The van der Waals surface area contributed by atoms with Crippen molar-refractivity contribution in [1.82, 2.24) is 4.90 Å². The van der Waals surface area contributed by atoms with E-state index in [-0.39, 0.29) is 23.8 Å². The fourth-order valence-electron chi connectivity index (χ4n) is 3.06. The zero-order chi connectivity index (χ0) is 22.5. The number of hydrogen-bond acceptors (Lipinski definition) is 6. The van der Waals surface area contributed by atoms with Gasteiger partial charge in [-0.05, 0) is 77.5 Å². The van der Waals surface area contributed by atoms with Gasteiger partial charge in [-0.15, -0.1) is 0 Å². The number of carbonyl (C=O) groups is 2. The van der Waals surface area contributed by atoms with Gasteiger partial charge >= 0.3 is 0 Å². The summed E-state index contributed by atoms with van der Waals surface area (Å²) in [7, 11) is 1.54. The standard InChI is InChI=1S/C23H21IN2O4S/c1-4-14(2)26-22(27)20(31-23(26)28)11-15-9-18(24)21(19(10-15)29-3)30-13-17-8-6-5-7-16(17)12-25/h5-11,14H,4,13H2,1-3H3/b20-11+/t14-/m0/s1. The topological polar surface area (TPSA) is 79.6 Å². The minimum absolute atomic E-state index is 0.139. The summed E-state index contributed by atoms with van der Waals surface area (Å²) in [5.74, 6) is 0.793. The molecule has 0 aromatic heterocycles. The van der Waals surface area contributed by atoms with Crippen LogP contribution in [0.5, 0.6) is 11.5 Å². The fourth-order valence-corrected chi connectivity index (χ4v) is 4.77. The van der Waals surface area contributed by atoms with E-state index in [2.05, 4.69) is 28.7 Å².